The highest BCUT2D eigenvalue weighted by Crippen LogP contribution is 2.28. The molecule has 14 nitrogen and oxygen atoms in total. The highest BCUT2D eigenvalue weighted by molar-refractivity contribution is 5.96. The number of nitrogens with zero attached hydrogens (tertiary/aromatic N) is 2. The van der Waals surface area contributed by atoms with Crippen molar-refractivity contribution >= 4 is 41.3 Å². The topological polar surface area (TPSA) is 192 Å². The van der Waals surface area contributed by atoms with Crippen molar-refractivity contribution in [2.24, 2.45) is 23.7 Å². The van der Waals surface area contributed by atoms with E-state index in [0.29, 0.717) is 12.0 Å². The average Bonchev–Trinajstić information content (AvgIpc) is 3.20. The lowest BCUT2D eigenvalue weighted by Gasteiger charge is -2.33. The summed E-state index contributed by atoms with van der Waals surface area (Å²) in [5, 5.41) is 19.4. The number of cyclic esters (lactones) is 1. The van der Waals surface area contributed by atoms with Crippen LogP contribution in [0.4, 0.5) is 0 Å². The van der Waals surface area contributed by atoms with Crippen molar-refractivity contribution in [3.8, 4) is 0 Å². The highest BCUT2D eigenvalue weighted by atomic mass is 16.5. The van der Waals surface area contributed by atoms with Crippen molar-refractivity contribution in [3.05, 3.63) is 59.2 Å². The van der Waals surface area contributed by atoms with E-state index in [4.69, 9.17) is 4.74 Å². The van der Waals surface area contributed by atoms with Crippen LogP contribution in [-0.4, -0.2) is 113 Å². The molecule has 4 N–H and O–H groups in total. The first-order valence-corrected chi connectivity index (χ1v) is 20.8. The highest BCUT2D eigenvalue weighted by Gasteiger charge is 2.36. The van der Waals surface area contributed by atoms with E-state index in [2.05, 4.69) is 16.0 Å². The number of likely N-dealkylation sites (N-methyl/N-ethyl adjacent to an activating group) is 2. The molecule has 0 aromatic heterocycles. The molecule has 0 spiro atoms. The van der Waals surface area contributed by atoms with E-state index >= 15 is 0 Å². The van der Waals surface area contributed by atoms with Crippen LogP contribution in [-0.2, 0) is 44.7 Å². The van der Waals surface area contributed by atoms with E-state index in [9.17, 15) is 38.7 Å². The van der Waals surface area contributed by atoms with Gasteiger partial charge in [0.2, 0.25) is 23.6 Å². The first-order valence-electron chi connectivity index (χ1n) is 20.8. The van der Waals surface area contributed by atoms with Gasteiger partial charge in [-0.3, -0.25) is 28.8 Å². The molecule has 1 aliphatic heterocycles. The number of ketones is 1. The van der Waals surface area contributed by atoms with Crippen molar-refractivity contribution in [2.45, 2.75) is 138 Å². The van der Waals surface area contributed by atoms with E-state index in [1.807, 2.05) is 45.9 Å². The minimum Gasteiger partial charge on any atom is -0.449 e. The molecule has 1 aromatic carbocycles. The minimum absolute atomic E-state index is 0.0499. The number of aliphatic hydroxyl groups is 1. The minimum atomic E-state index is -1.25. The molecule has 2 rings (SSSR count). The van der Waals surface area contributed by atoms with Crippen LogP contribution in [0.15, 0.2) is 53.6 Å². The number of carbonyl (C=O) groups excluding carboxylic acids is 7. The second kappa shape index (κ2) is 23.7. The Balaban J connectivity index is 2.65. The summed E-state index contributed by atoms with van der Waals surface area (Å²) >= 11 is 0. The summed E-state index contributed by atoms with van der Waals surface area (Å²) < 4.78 is 5.75. The maximum atomic E-state index is 14.1. The Morgan fingerprint density at radius 3 is 2.10 bits per heavy atom. The number of hydrogen-bond acceptors (Lipinski definition) is 9. The molecule has 0 saturated carbocycles. The van der Waals surface area contributed by atoms with Crippen molar-refractivity contribution in [3.63, 3.8) is 0 Å². The monoisotopic (exact) mass is 824 g/mol. The van der Waals surface area contributed by atoms with Crippen LogP contribution in [0, 0.1) is 23.7 Å². The SMILES string of the molecule is C/C=C(\C)[C@@H](O)[C@@H](C)[C@@H]1C/C=C(\C)C(=O)O[C@H](CC(C)C)C(=O)N[C@@H](C)C(=O)N(C)[C@H](Cc2ccccc2)C(=O)N(C)CC(=O)NC(C(C)CC)C(=O)N[C@H](C)C(=O)C1. The van der Waals surface area contributed by atoms with Gasteiger partial charge in [-0.15, -0.1) is 0 Å². The van der Waals surface area contributed by atoms with Crippen LogP contribution in [0.25, 0.3) is 0 Å². The van der Waals surface area contributed by atoms with Gasteiger partial charge in [-0.05, 0) is 82.3 Å². The van der Waals surface area contributed by atoms with Crippen LogP contribution in [0.5, 0.6) is 0 Å². The van der Waals surface area contributed by atoms with Gasteiger partial charge in [-0.2, -0.15) is 0 Å². The lowest BCUT2D eigenvalue weighted by atomic mass is 9.80. The molecule has 328 valence electrons. The molecule has 1 heterocycles. The summed E-state index contributed by atoms with van der Waals surface area (Å²) in [6, 6.07) is 4.84. The summed E-state index contributed by atoms with van der Waals surface area (Å²) in [4.78, 5) is 98.7. The Kier molecular flexibility index (Phi) is 20.2. The van der Waals surface area contributed by atoms with Gasteiger partial charge in [0.1, 0.15) is 18.1 Å². The normalized spacial score (nSPS) is 27.1. The summed E-state index contributed by atoms with van der Waals surface area (Å²) in [5.41, 5.74) is 1.65. The zero-order valence-electron chi connectivity index (χ0n) is 37.2. The fourth-order valence-corrected chi connectivity index (χ4v) is 6.94. The number of benzene rings is 1. The molecule has 59 heavy (non-hydrogen) atoms. The Labute approximate surface area is 350 Å². The predicted molar refractivity (Wildman–Crippen MR) is 226 cm³/mol. The fraction of sp³-hybridized carbons (Fsp3) is 0.622. The van der Waals surface area contributed by atoms with E-state index in [1.165, 1.54) is 30.8 Å². The van der Waals surface area contributed by atoms with Crippen LogP contribution in [0.1, 0.15) is 100 Å². The van der Waals surface area contributed by atoms with Gasteiger partial charge in [-0.1, -0.05) is 83.5 Å². The van der Waals surface area contributed by atoms with Gasteiger partial charge >= 0.3 is 5.97 Å². The van der Waals surface area contributed by atoms with Gasteiger partial charge in [-0.25, -0.2) is 4.79 Å². The van der Waals surface area contributed by atoms with Gasteiger partial charge in [0.05, 0.1) is 18.7 Å². The Morgan fingerprint density at radius 1 is 0.915 bits per heavy atom. The third kappa shape index (κ3) is 15.0. The van der Waals surface area contributed by atoms with E-state index < -0.39 is 90.3 Å². The van der Waals surface area contributed by atoms with Crippen LogP contribution in [0.2, 0.25) is 0 Å². The summed E-state index contributed by atoms with van der Waals surface area (Å²) in [7, 11) is 2.88. The van der Waals surface area contributed by atoms with Crippen molar-refractivity contribution in [1.82, 2.24) is 25.8 Å². The summed E-state index contributed by atoms with van der Waals surface area (Å²) in [6.07, 6.45) is 2.20. The molecule has 0 fully saturated rings. The molecule has 1 aromatic rings. The molecular weight excluding hydrogens is 755 g/mol. The van der Waals surface area contributed by atoms with E-state index in [1.54, 1.807) is 58.9 Å². The zero-order valence-corrected chi connectivity index (χ0v) is 37.2. The molecule has 0 bridgehead atoms. The number of nitrogens with one attached hydrogen (secondary N) is 3. The maximum Gasteiger partial charge on any atom is 0.334 e. The lowest BCUT2D eigenvalue weighted by molar-refractivity contribution is -0.154. The predicted octanol–water partition coefficient (Wildman–Crippen LogP) is 3.90. The van der Waals surface area contributed by atoms with Crippen LogP contribution < -0.4 is 16.0 Å². The van der Waals surface area contributed by atoms with E-state index in [0.717, 1.165) is 5.56 Å². The maximum absolute atomic E-state index is 14.1. The molecule has 14 heteroatoms. The molecule has 2 unspecified atom stereocenters. The zero-order chi connectivity index (χ0) is 44.7. The van der Waals surface area contributed by atoms with Gasteiger partial charge in [0.25, 0.3) is 5.91 Å². The van der Waals surface area contributed by atoms with Crippen molar-refractivity contribution < 1.29 is 43.4 Å². The number of amides is 5. The van der Waals surface area contributed by atoms with Crippen molar-refractivity contribution in [2.75, 3.05) is 20.6 Å². The first-order chi connectivity index (χ1) is 27.6. The number of allylic oxidation sites excluding steroid dienone is 2. The number of esters is 1. The fourth-order valence-electron chi connectivity index (χ4n) is 6.94. The third-order valence-corrected chi connectivity index (χ3v) is 11.4. The third-order valence-electron chi connectivity index (χ3n) is 11.4. The molecule has 0 saturated heterocycles. The molecular formula is C45H69N5O9. The van der Waals surface area contributed by atoms with Crippen LogP contribution in [0.3, 0.4) is 0 Å². The second-order valence-corrected chi connectivity index (χ2v) is 16.7. The average molecular weight is 824 g/mol. The quantitative estimate of drug-likeness (QED) is 0.211. The number of rotatable bonds is 9. The molecule has 5 amide bonds. The largest absolute Gasteiger partial charge is 0.449 e. The summed E-state index contributed by atoms with van der Waals surface area (Å²) in [6.45, 7) is 17.0. The van der Waals surface area contributed by atoms with Gasteiger partial charge in [0, 0.05) is 32.5 Å². The Morgan fingerprint density at radius 2 is 1.53 bits per heavy atom. The van der Waals surface area contributed by atoms with Gasteiger partial charge < -0.3 is 35.6 Å². The van der Waals surface area contributed by atoms with Crippen LogP contribution >= 0.6 is 0 Å². The summed E-state index contributed by atoms with van der Waals surface area (Å²) in [5.74, 6) is -5.38. The molecule has 0 aliphatic carbocycles. The first kappa shape index (κ1) is 50.3. The molecule has 1 aliphatic rings. The molecule has 0 radical (unpaired) electrons. The second-order valence-electron chi connectivity index (χ2n) is 16.7. The van der Waals surface area contributed by atoms with E-state index in [-0.39, 0.29) is 48.9 Å². The van der Waals surface area contributed by atoms with Gasteiger partial charge in [0.15, 0.2) is 11.9 Å². The number of aliphatic hydroxyl groups excluding tert-OH is 1. The Bertz CT molecular complexity index is 1690. The molecule has 9 atom stereocenters. The number of ether oxygens (including phenoxy) is 1. The lowest BCUT2D eigenvalue weighted by Crippen LogP contribution is -2.57. The number of carbonyl (C=O) groups is 7. The Hall–Kier alpha value is -4.85. The standard InChI is InChI=1S/C45H69N5O9/c1-13-27(5)39-42(55)46-31(9)36(51)24-34(30(8)40(53)28(6)14-2)21-20-29(7)45(58)59-37(22-26(3)4)41(54)47-32(10)43(56)50(12)35(23-33-18-16-15-17-19-33)44(57)49(11)25-38(52)48-39/h14-20,26-27,30-32,34-35,37,39-40,53H,13,21-25H2,1-12H3,(H,46,55)(H,47,54)(H,48,52)/b28-14+,29-20+/t27?,30-,31+,32-,34+,35+,37+,39?,40+/m0/s1. The van der Waals surface area contributed by atoms with Crippen molar-refractivity contribution in [1.29, 1.82) is 0 Å². The number of Topliss-reactive ketones (excluding diaryl/α,β-unsaturated/α-hetero) is 1. The number of hydrogen-bond donors (Lipinski definition) is 4. The smallest absolute Gasteiger partial charge is 0.334 e.